The van der Waals surface area contributed by atoms with E-state index in [2.05, 4.69) is 0 Å². The minimum atomic E-state index is -3.14. The van der Waals surface area contributed by atoms with E-state index in [1.807, 2.05) is 0 Å². The van der Waals surface area contributed by atoms with Crippen LogP contribution in [0.1, 0.15) is 20.7 Å². The molecule has 2 heterocycles. The number of carbonyl (C=O) groups is 2. The molecule has 38 heavy (non-hydrogen) atoms. The quantitative estimate of drug-likeness (QED) is 0.317. The van der Waals surface area contributed by atoms with Gasteiger partial charge in [-0.1, -0.05) is 0 Å². The van der Waals surface area contributed by atoms with Gasteiger partial charge < -0.3 is 15.5 Å². The number of nitro groups is 1. The molecule has 0 atom stereocenters. The minimum absolute atomic E-state index is 0.00239. The lowest BCUT2D eigenvalue weighted by molar-refractivity contribution is -0.385. The van der Waals surface area contributed by atoms with E-state index in [1.54, 1.807) is 0 Å². The molecule has 2 aliphatic heterocycles. The van der Waals surface area contributed by atoms with Crippen molar-refractivity contribution in [3.05, 3.63) is 69.3 Å². The largest absolute Gasteiger partial charge is 0.399 e. The van der Waals surface area contributed by atoms with Crippen molar-refractivity contribution in [1.82, 2.24) is 9.80 Å². The third-order valence-electron chi connectivity index (χ3n) is 5.88. The second-order valence-corrected chi connectivity index (χ2v) is 13.2. The van der Waals surface area contributed by atoms with E-state index >= 15 is 0 Å². The number of rotatable bonds is 3. The molecule has 4 rings (SSSR count). The number of non-ortho nitro benzene ring substituents is 1. The predicted molar refractivity (Wildman–Crippen MR) is 133 cm³/mol. The van der Waals surface area contributed by atoms with Gasteiger partial charge >= 0.3 is 0 Å². The van der Waals surface area contributed by atoms with Gasteiger partial charge in [0.2, 0.25) is 0 Å². The van der Waals surface area contributed by atoms with Crippen LogP contribution in [-0.2, 0) is 19.7 Å². The van der Waals surface area contributed by atoms with Crippen LogP contribution in [0.3, 0.4) is 0 Å². The van der Waals surface area contributed by atoms with Crippen LogP contribution >= 0.6 is 0 Å². The molecule has 2 fully saturated rings. The summed E-state index contributed by atoms with van der Waals surface area (Å²) in [6.07, 6.45) is 0. The number of hydrogen-bond acceptors (Lipinski definition) is 9. The average Bonchev–Trinajstić information content (AvgIpc) is 2.83. The molecule has 0 aromatic heterocycles. The number of nitro benzene ring substituents is 1. The zero-order valence-corrected chi connectivity index (χ0v) is 21.5. The van der Waals surface area contributed by atoms with Crippen LogP contribution in [0.2, 0.25) is 0 Å². The Kier molecular flexibility index (Phi) is 8.66. The number of amides is 2. The van der Waals surface area contributed by atoms with Gasteiger partial charge in [-0.15, -0.1) is 0 Å². The predicted octanol–water partition coefficient (Wildman–Crippen LogP) is 0.883. The summed E-state index contributed by atoms with van der Waals surface area (Å²) < 4.78 is 72.2. The first-order valence-corrected chi connectivity index (χ1v) is 14.8. The van der Waals surface area contributed by atoms with Crippen LogP contribution in [0.25, 0.3) is 0 Å². The number of hydrogen-bond donors (Lipinski definition) is 1. The highest BCUT2D eigenvalue weighted by atomic mass is 32.2. The number of carbonyl (C=O) groups excluding carboxylic acids is 2. The lowest BCUT2D eigenvalue weighted by Gasteiger charge is -2.26. The number of nitrogens with zero attached hydrogens (tertiary/aromatic N) is 3. The van der Waals surface area contributed by atoms with Crippen molar-refractivity contribution in [3.8, 4) is 0 Å². The topological polar surface area (TPSA) is 178 Å². The summed E-state index contributed by atoms with van der Waals surface area (Å²) in [5.74, 6) is -3.30. The molecule has 16 heteroatoms. The van der Waals surface area contributed by atoms with Gasteiger partial charge in [0.25, 0.3) is 17.5 Å². The van der Waals surface area contributed by atoms with Crippen LogP contribution in [0.4, 0.5) is 20.2 Å². The molecular weight excluding hydrogens is 550 g/mol. The van der Waals surface area contributed by atoms with E-state index < -0.39 is 53.7 Å². The van der Waals surface area contributed by atoms with Crippen molar-refractivity contribution < 1.29 is 40.1 Å². The lowest BCUT2D eigenvalue weighted by Crippen LogP contribution is -2.44. The first-order valence-electron chi connectivity index (χ1n) is 11.2. The maximum absolute atomic E-state index is 13.7. The second kappa shape index (κ2) is 11.4. The van der Waals surface area contributed by atoms with Crippen molar-refractivity contribution >= 4 is 42.9 Å². The minimum Gasteiger partial charge on any atom is -0.399 e. The summed E-state index contributed by atoms with van der Waals surface area (Å²) in [4.78, 5) is 36.3. The van der Waals surface area contributed by atoms with Gasteiger partial charge in [-0.2, -0.15) is 0 Å². The summed E-state index contributed by atoms with van der Waals surface area (Å²) in [7, 11) is -6.19. The van der Waals surface area contributed by atoms with Crippen molar-refractivity contribution in [1.29, 1.82) is 0 Å². The molecule has 0 unspecified atom stereocenters. The Morgan fingerprint density at radius 2 is 1.16 bits per heavy atom. The van der Waals surface area contributed by atoms with Crippen molar-refractivity contribution in [2.24, 2.45) is 0 Å². The summed E-state index contributed by atoms with van der Waals surface area (Å²) >= 11 is 0. The van der Waals surface area contributed by atoms with E-state index in [1.165, 1.54) is 21.9 Å². The van der Waals surface area contributed by atoms with Gasteiger partial charge in [0.05, 0.1) is 45.1 Å². The Morgan fingerprint density at radius 1 is 0.763 bits per heavy atom. The maximum Gasteiger partial charge on any atom is 0.272 e. The summed E-state index contributed by atoms with van der Waals surface area (Å²) in [5.41, 5.74) is 4.82. The molecule has 0 spiro atoms. The number of nitrogen functional groups attached to an aromatic ring is 1. The van der Waals surface area contributed by atoms with Gasteiger partial charge in [0.1, 0.15) is 11.6 Å². The van der Waals surface area contributed by atoms with Crippen LogP contribution in [-0.4, -0.2) is 92.6 Å². The Bertz CT molecular complexity index is 1450. The summed E-state index contributed by atoms with van der Waals surface area (Å²) in [6.45, 7) is 0.200. The Balaban J connectivity index is 0.000000212. The average molecular weight is 575 g/mol. The highest BCUT2D eigenvalue weighted by Crippen LogP contribution is 2.19. The van der Waals surface area contributed by atoms with E-state index in [-0.39, 0.29) is 66.0 Å². The van der Waals surface area contributed by atoms with Gasteiger partial charge in [-0.05, 0) is 24.3 Å². The van der Waals surface area contributed by atoms with Gasteiger partial charge in [0.15, 0.2) is 19.7 Å². The zero-order chi connectivity index (χ0) is 28.3. The van der Waals surface area contributed by atoms with E-state index in [0.717, 1.165) is 18.2 Å². The first-order chi connectivity index (χ1) is 17.7. The number of halogens is 2. The first kappa shape index (κ1) is 28.9. The van der Waals surface area contributed by atoms with Crippen molar-refractivity contribution in [2.45, 2.75) is 0 Å². The lowest BCUT2D eigenvalue weighted by atomic mass is 10.1. The molecule has 2 aliphatic rings. The third-order valence-corrected chi connectivity index (χ3v) is 9.10. The van der Waals surface area contributed by atoms with E-state index in [9.17, 15) is 45.3 Å². The molecule has 0 saturated carbocycles. The Labute approximate surface area is 217 Å². The SMILES string of the molecule is Nc1ccc(C(=O)N2CCS(=O)(=O)CC2)c(F)c1.O=C(c1ccc([N+](=O)[O-])cc1F)N1CCS(=O)(=O)CC1. The normalized spacial score (nSPS) is 18.2. The summed E-state index contributed by atoms with van der Waals surface area (Å²) in [5, 5.41) is 10.5. The van der Waals surface area contributed by atoms with Crippen LogP contribution in [0.15, 0.2) is 36.4 Å². The number of anilines is 1. The van der Waals surface area contributed by atoms with Crippen LogP contribution in [0.5, 0.6) is 0 Å². The van der Waals surface area contributed by atoms with Gasteiger partial charge in [-0.3, -0.25) is 19.7 Å². The Morgan fingerprint density at radius 3 is 1.53 bits per heavy atom. The van der Waals surface area contributed by atoms with Crippen molar-refractivity contribution in [3.63, 3.8) is 0 Å². The second-order valence-electron chi connectivity index (χ2n) is 8.55. The molecule has 206 valence electrons. The molecule has 0 bridgehead atoms. The van der Waals surface area contributed by atoms with Crippen LogP contribution < -0.4 is 5.73 Å². The summed E-state index contributed by atoms with van der Waals surface area (Å²) in [6, 6.07) is 6.59. The zero-order valence-electron chi connectivity index (χ0n) is 19.9. The molecule has 0 aliphatic carbocycles. The highest BCUT2D eigenvalue weighted by Gasteiger charge is 2.28. The highest BCUT2D eigenvalue weighted by molar-refractivity contribution is 7.91. The molecule has 12 nitrogen and oxygen atoms in total. The van der Waals surface area contributed by atoms with E-state index in [4.69, 9.17) is 5.73 Å². The molecule has 0 radical (unpaired) electrons. The monoisotopic (exact) mass is 574 g/mol. The molecule has 2 N–H and O–H groups in total. The Hall–Kier alpha value is -3.66. The molecular formula is C22H24F2N4O8S2. The van der Waals surface area contributed by atoms with Gasteiger partial charge in [0, 0.05) is 37.9 Å². The number of benzene rings is 2. The number of sulfone groups is 2. The fourth-order valence-electron chi connectivity index (χ4n) is 3.67. The van der Waals surface area contributed by atoms with Crippen molar-refractivity contribution in [2.75, 3.05) is 54.9 Å². The number of nitrogens with two attached hydrogens (primary N) is 1. The standard InChI is InChI=1S/C11H11FN2O5S.C11H13FN2O3S/c12-10-7-8(14(16)17)1-2-9(10)11(15)13-3-5-20(18,19)6-4-13;12-10-7-8(13)1-2-9(10)11(15)14-3-5-18(16,17)6-4-14/h1-2,7H,3-6H2;1-2,7H,3-6,13H2. The molecule has 2 aromatic carbocycles. The van der Waals surface area contributed by atoms with E-state index in [0.29, 0.717) is 6.07 Å². The van der Waals surface area contributed by atoms with Crippen LogP contribution in [0, 0.1) is 21.7 Å². The molecule has 2 aromatic rings. The fourth-order valence-corrected chi connectivity index (χ4v) is 6.07. The maximum atomic E-state index is 13.7. The molecule has 2 amide bonds. The smallest absolute Gasteiger partial charge is 0.272 e. The van der Waals surface area contributed by atoms with Gasteiger partial charge in [-0.25, -0.2) is 25.6 Å². The third kappa shape index (κ3) is 7.22. The fraction of sp³-hybridized carbons (Fsp3) is 0.364. The molecule has 2 saturated heterocycles.